The van der Waals surface area contributed by atoms with Gasteiger partial charge in [-0.15, -0.1) is 11.3 Å². The average Bonchev–Trinajstić information content (AvgIpc) is 2.84. The van der Waals surface area contributed by atoms with Gasteiger partial charge in [0.05, 0.1) is 0 Å². The van der Waals surface area contributed by atoms with Gasteiger partial charge in [-0.3, -0.25) is 4.79 Å². The number of hydrogen-bond donors (Lipinski definition) is 1. The maximum absolute atomic E-state index is 11.8. The maximum Gasteiger partial charge on any atom is 0.222 e. The van der Waals surface area contributed by atoms with Crippen molar-refractivity contribution in [2.24, 2.45) is 0 Å². The van der Waals surface area contributed by atoms with Gasteiger partial charge in [0.2, 0.25) is 5.91 Å². The second kappa shape index (κ2) is 8.27. The van der Waals surface area contributed by atoms with E-state index in [0.717, 1.165) is 25.9 Å². The molecule has 0 atom stereocenters. The first-order valence-electron chi connectivity index (χ1n) is 6.59. The highest BCUT2D eigenvalue weighted by molar-refractivity contribution is 7.09. The van der Waals surface area contributed by atoms with Crippen LogP contribution in [0.15, 0.2) is 17.5 Å². The van der Waals surface area contributed by atoms with Gasteiger partial charge in [-0.2, -0.15) is 0 Å². The predicted octanol–water partition coefficient (Wildman–Crippen LogP) is 2.53. The molecule has 0 aliphatic carbocycles. The zero-order chi connectivity index (χ0) is 13.4. The van der Waals surface area contributed by atoms with Gasteiger partial charge < -0.3 is 10.2 Å². The fourth-order valence-corrected chi connectivity index (χ4v) is 2.38. The Hall–Kier alpha value is -0.870. The van der Waals surface area contributed by atoms with Crippen LogP contribution < -0.4 is 5.32 Å². The lowest BCUT2D eigenvalue weighted by Gasteiger charge is -2.17. The van der Waals surface area contributed by atoms with Crippen LogP contribution in [0.2, 0.25) is 0 Å². The van der Waals surface area contributed by atoms with E-state index in [0.29, 0.717) is 12.5 Å². The highest BCUT2D eigenvalue weighted by Crippen LogP contribution is 2.09. The van der Waals surface area contributed by atoms with Gasteiger partial charge in [0.1, 0.15) is 0 Å². The second-order valence-electron chi connectivity index (χ2n) is 4.86. The lowest BCUT2D eigenvalue weighted by Crippen LogP contribution is -2.30. The second-order valence-corrected chi connectivity index (χ2v) is 5.89. The van der Waals surface area contributed by atoms with Crippen molar-refractivity contribution in [1.82, 2.24) is 10.2 Å². The van der Waals surface area contributed by atoms with Crippen LogP contribution in [0.3, 0.4) is 0 Å². The Morgan fingerprint density at radius 1 is 1.50 bits per heavy atom. The zero-order valence-electron chi connectivity index (χ0n) is 11.6. The van der Waals surface area contributed by atoms with Gasteiger partial charge in [-0.05, 0) is 30.8 Å². The third-order valence-corrected chi connectivity index (χ3v) is 3.76. The minimum Gasteiger partial charge on any atom is -0.345 e. The van der Waals surface area contributed by atoms with Crippen LogP contribution in [0, 0.1) is 0 Å². The Balaban J connectivity index is 2.12. The van der Waals surface area contributed by atoms with Crippen molar-refractivity contribution >= 4 is 17.2 Å². The summed E-state index contributed by atoms with van der Waals surface area (Å²) in [6, 6.07) is 4.67. The van der Waals surface area contributed by atoms with E-state index >= 15 is 0 Å². The molecule has 3 nitrogen and oxygen atoms in total. The number of likely N-dealkylation sites (N-methyl/N-ethyl adjacent to an activating group) is 1. The molecule has 4 heteroatoms. The lowest BCUT2D eigenvalue weighted by molar-refractivity contribution is -0.129. The number of rotatable bonds is 8. The number of carbonyl (C=O) groups excluding carboxylic acids is 1. The van der Waals surface area contributed by atoms with E-state index in [9.17, 15) is 4.79 Å². The van der Waals surface area contributed by atoms with E-state index in [2.05, 4.69) is 36.7 Å². The van der Waals surface area contributed by atoms with Gasteiger partial charge >= 0.3 is 0 Å². The zero-order valence-corrected chi connectivity index (χ0v) is 12.4. The van der Waals surface area contributed by atoms with E-state index < -0.39 is 0 Å². The molecule has 1 amide bonds. The molecule has 0 bridgehead atoms. The Morgan fingerprint density at radius 3 is 2.89 bits per heavy atom. The summed E-state index contributed by atoms with van der Waals surface area (Å²) < 4.78 is 0. The van der Waals surface area contributed by atoms with Crippen molar-refractivity contribution in [3.63, 3.8) is 0 Å². The Kier molecular flexibility index (Phi) is 6.98. The summed E-state index contributed by atoms with van der Waals surface area (Å²) in [5.41, 5.74) is 0. The minimum atomic E-state index is 0.247. The van der Waals surface area contributed by atoms with Gasteiger partial charge in [0.25, 0.3) is 0 Å². The van der Waals surface area contributed by atoms with Gasteiger partial charge in [-0.1, -0.05) is 19.9 Å². The third-order valence-electron chi connectivity index (χ3n) is 2.82. The summed E-state index contributed by atoms with van der Waals surface area (Å²) in [7, 11) is 1.89. The third kappa shape index (κ3) is 6.17. The molecular formula is C14H24N2OS. The first-order valence-corrected chi connectivity index (χ1v) is 7.47. The summed E-state index contributed by atoms with van der Waals surface area (Å²) in [6.45, 7) is 5.98. The first-order chi connectivity index (χ1) is 8.59. The van der Waals surface area contributed by atoms with Crippen molar-refractivity contribution in [2.75, 3.05) is 20.1 Å². The Bertz CT molecular complexity index is 336. The number of carbonyl (C=O) groups is 1. The number of nitrogens with zero attached hydrogens (tertiary/aromatic N) is 1. The molecule has 0 fully saturated rings. The monoisotopic (exact) mass is 268 g/mol. The highest BCUT2D eigenvalue weighted by atomic mass is 32.1. The fraction of sp³-hybridized carbons (Fsp3) is 0.643. The number of amides is 1. The average molecular weight is 268 g/mol. The quantitative estimate of drug-likeness (QED) is 0.735. The molecule has 0 aromatic carbocycles. The van der Waals surface area contributed by atoms with Crippen molar-refractivity contribution in [1.29, 1.82) is 0 Å². The molecule has 1 aromatic heterocycles. The molecule has 0 radical (unpaired) electrons. The van der Waals surface area contributed by atoms with E-state index in [1.54, 1.807) is 11.3 Å². The van der Waals surface area contributed by atoms with Crippen molar-refractivity contribution < 1.29 is 4.79 Å². The summed E-state index contributed by atoms with van der Waals surface area (Å²) in [5.74, 6) is 0.247. The van der Waals surface area contributed by atoms with E-state index in [-0.39, 0.29) is 5.91 Å². The van der Waals surface area contributed by atoms with Gasteiger partial charge in [0.15, 0.2) is 0 Å². The predicted molar refractivity (Wildman–Crippen MR) is 78.0 cm³/mol. The highest BCUT2D eigenvalue weighted by Gasteiger charge is 2.08. The molecule has 0 spiro atoms. The molecule has 0 aliphatic heterocycles. The maximum atomic E-state index is 11.8. The molecule has 1 N–H and O–H groups in total. The van der Waals surface area contributed by atoms with Crippen LogP contribution in [0.1, 0.15) is 31.6 Å². The molecule has 0 aliphatic rings. The van der Waals surface area contributed by atoms with Crippen LogP contribution in [0.4, 0.5) is 0 Å². The van der Waals surface area contributed by atoms with Crippen LogP contribution in [-0.2, 0) is 11.2 Å². The Morgan fingerprint density at radius 2 is 2.28 bits per heavy atom. The largest absolute Gasteiger partial charge is 0.345 e. The molecule has 1 rings (SSSR count). The topological polar surface area (TPSA) is 32.3 Å². The molecule has 102 valence electrons. The van der Waals surface area contributed by atoms with Crippen LogP contribution >= 0.6 is 11.3 Å². The molecule has 18 heavy (non-hydrogen) atoms. The minimum absolute atomic E-state index is 0.247. The lowest BCUT2D eigenvalue weighted by atomic mass is 10.2. The van der Waals surface area contributed by atoms with Crippen LogP contribution in [-0.4, -0.2) is 37.0 Å². The summed E-state index contributed by atoms with van der Waals surface area (Å²) in [6.07, 6.45) is 2.52. The summed E-state index contributed by atoms with van der Waals surface area (Å²) >= 11 is 1.75. The molecular weight excluding hydrogens is 244 g/mol. The molecule has 0 saturated carbocycles. The smallest absolute Gasteiger partial charge is 0.222 e. The normalized spacial score (nSPS) is 10.9. The number of thiophene rings is 1. The molecule has 0 saturated heterocycles. The fourth-order valence-electron chi connectivity index (χ4n) is 1.68. The van der Waals surface area contributed by atoms with E-state index in [4.69, 9.17) is 0 Å². The van der Waals surface area contributed by atoms with Crippen molar-refractivity contribution in [2.45, 2.75) is 39.2 Å². The van der Waals surface area contributed by atoms with Gasteiger partial charge in [-0.25, -0.2) is 0 Å². The van der Waals surface area contributed by atoms with Crippen LogP contribution in [0.25, 0.3) is 0 Å². The molecule has 0 unspecified atom stereocenters. The van der Waals surface area contributed by atoms with Gasteiger partial charge in [0, 0.05) is 30.9 Å². The van der Waals surface area contributed by atoms with E-state index in [1.807, 2.05) is 11.9 Å². The molecule has 1 aromatic rings. The first kappa shape index (κ1) is 15.2. The van der Waals surface area contributed by atoms with E-state index in [1.165, 1.54) is 4.88 Å². The number of hydrogen-bond acceptors (Lipinski definition) is 3. The van der Waals surface area contributed by atoms with Crippen LogP contribution in [0.5, 0.6) is 0 Å². The standard InChI is InChI=1S/C14H24N2OS/c1-12(2)15-9-4-7-14(17)16(3)10-8-13-6-5-11-18-13/h5-6,11-12,15H,4,7-10H2,1-3H3. The van der Waals surface area contributed by atoms with Crippen molar-refractivity contribution in [3.8, 4) is 0 Å². The summed E-state index contributed by atoms with van der Waals surface area (Å²) in [4.78, 5) is 15.0. The number of nitrogens with one attached hydrogen (secondary N) is 1. The molecule has 1 heterocycles. The van der Waals surface area contributed by atoms with Crippen molar-refractivity contribution in [3.05, 3.63) is 22.4 Å². The SMILES string of the molecule is CC(C)NCCCC(=O)N(C)CCc1cccs1. The Labute approximate surface area is 114 Å². The summed E-state index contributed by atoms with van der Waals surface area (Å²) in [5, 5.41) is 5.40.